The lowest BCUT2D eigenvalue weighted by Crippen LogP contribution is -2.37. The van der Waals surface area contributed by atoms with Crippen LogP contribution in [0.2, 0.25) is 0 Å². The molecule has 2 heterocycles. The van der Waals surface area contributed by atoms with E-state index >= 15 is 0 Å². The highest BCUT2D eigenvalue weighted by Crippen LogP contribution is 2.48. The molecule has 6 unspecified atom stereocenters. The molecule has 4 heteroatoms. The van der Waals surface area contributed by atoms with Crippen LogP contribution in [0.3, 0.4) is 0 Å². The number of phenolic OH excluding ortho intramolecular Hbond substituents is 2. The van der Waals surface area contributed by atoms with Crippen molar-refractivity contribution in [1.82, 2.24) is 0 Å². The summed E-state index contributed by atoms with van der Waals surface area (Å²) >= 11 is 0. The van der Waals surface area contributed by atoms with Gasteiger partial charge in [-0.05, 0) is 164 Å². The Balaban J connectivity index is 1.34. The van der Waals surface area contributed by atoms with Gasteiger partial charge >= 0.3 is 0 Å². The molecule has 0 aromatic heterocycles. The van der Waals surface area contributed by atoms with E-state index in [9.17, 15) is 10.2 Å². The number of rotatable bonds is 27. The fourth-order valence-corrected chi connectivity index (χ4v) is 11.1. The predicted octanol–water partition coefficient (Wildman–Crippen LogP) is 17.2. The van der Waals surface area contributed by atoms with Crippen molar-refractivity contribution in [3.63, 3.8) is 0 Å². The minimum absolute atomic E-state index is 0.193. The van der Waals surface area contributed by atoms with Gasteiger partial charge in [0, 0.05) is 22.3 Å². The minimum Gasteiger partial charge on any atom is -0.507 e. The summed E-state index contributed by atoms with van der Waals surface area (Å²) in [4.78, 5) is 0. The van der Waals surface area contributed by atoms with E-state index in [4.69, 9.17) is 9.47 Å². The van der Waals surface area contributed by atoms with E-state index in [-0.39, 0.29) is 11.2 Å². The van der Waals surface area contributed by atoms with Gasteiger partial charge in [0.25, 0.3) is 0 Å². The second kappa shape index (κ2) is 24.2. The number of hydrogen-bond acceptors (Lipinski definition) is 4. The summed E-state index contributed by atoms with van der Waals surface area (Å²) in [5, 5.41) is 23.4. The van der Waals surface area contributed by atoms with E-state index < -0.39 is 0 Å². The van der Waals surface area contributed by atoms with E-state index in [2.05, 4.69) is 83.1 Å². The molecule has 354 valence electrons. The summed E-state index contributed by atoms with van der Waals surface area (Å²) < 4.78 is 14.0. The Labute approximate surface area is 383 Å². The Morgan fingerprint density at radius 2 is 0.726 bits per heavy atom. The van der Waals surface area contributed by atoms with E-state index in [0.717, 1.165) is 119 Å². The van der Waals surface area contributed by atoms with Crippen molar-refractivity contribution in [2.24, 2.45) is 35.5 Å². The van der Waals surface area contributed by atoms with Crippen molar-refractivity contribution in [3.05, 3.63) is 44.5 Å². The van der Waals surface area contributed by atoms with Crippen LogP contribution in [-0.2, 0) is 25.7 Å². The molecule has 0 aliphatic carbocycles. The molecule has 0 radical (unpaired) electrons. The molecule has 0 spiro atoms. The second-order valence-electron chi connectivity index (χ2n) is 23.1. The zero-order valence-electron chi connectivity index (χ0n) is 43.1. The quantitative estimate of drug-likeness (QED) is 0.0940. The number of benzene rings is 2. The topological polar surface area (TPSA) is 58.9 Å². The average molecular weight is 859 g/mol. The van der Waals surface area contributed by atoms with Crippen LogP contribution in [0.5, 0.6) is 23.0 Å². The lowest BCUT2D eigenvalue weighted by atomic mass is 9.81. The number of fused-ring (bicyclic) bond motifs is 2. The molecule has 0 amide bonds. The van der Waals surface area contributed by atoms with Crippen LogP contribution >= 0.6 is 0 Å². The summed E-state index contributed by atoms with van der Waals surface area (Å²) in [7, 11) is 0. The molecule has 2 aliphatic rings. The van der Waals surface area contributed by atoms with E-state index in [1.807, 2.05) is 13.8 Å². The Bertz CT molecular complexity index is 1560. The molecule has 4 rings (SSSR count). The zero-order chi connectivity index (χ0) is 45.8. The largest absolute Gasteiger partial charge is 0.507 e. The molecule has 0 saturated heterocycles. The summed E-state index contributed by atoms with van der Waals surface area (Å²) in [5.74, 6) is 7.65. The lowest BCUT2D eigenvalue weighted by molar-refractivity contribution is 0.0505. The Morgan fingerprint density at radius 3 is 1.03 bits per heavy atom. The van der Waals surface area contributed by atoms with Crippen LogP contribution in [0.4, 0.5) is 0 Å². The maximum Gasteiger partial charge on any atom is 0.127 e. The molecule has 6 atom stereocenters. The fraction of sp³-hybridized carbons (Fsp3) is 0.793. The first-order chi connectivity index (χ1) is 29.2. The van der Waals surface area contributed by atoms with Crippen molar-refractivity contribution in [2.45, 2.75) is 262 Å². The number of hydrogen-bond donors (Lipinski definition) is 2. The minimum atomic E-state index is -0.193. The molecule has 0 saturated carbocycles. The van der Waals surface area contributed by atoms with Crippen molar-refractivity contribution >= 4 is 0 Å². The first-order valence-corrected chi connectivity index (χ1v) is 26.3. The summed E-state index contributed by atoms with van der Waals surface area (Å²) in [6.45, 7) is 32.1. The normalized spacial score (nSPS) is 20.7. The smallest absolute Gasteiger partial charge is 0.127 e. The molecule has 0 bridgehead atoms. The number of phenols is 2. The van der Waals surface area contributed by atoms with E-state index in [1.54, 1.807) is 0 Å². The van der Waals surface area contributed by atoms with Crippen LogP contribution in [0.15, 0.2) is 0 Å². The Hall–Kier alpha value is -2.36. The highest BCUT2D eigenvalue weighted by Gasteiger charge is 2.37. The van der Waals surface area contributed by atoms with Gasteiger partial charge in [0.2, 0.25) is 0 Å². The molecule has 62 heavy (non-hydrogen) atoms. The first-order valence-electron chi connectivity index (χ1n) is 26.3. The van der Waals surface area contributed by atoms with Crippen molar-refractivity contribution in [1.29, 1.82) is 0 Å². The lowest BCUT2D eigenvalue weighted by Gasteiger charge is -2.39. The highest BCUT2D eigenvalue weighted by molar-refractivity contribution is 5.61. The van der Waals surface area contributed by atoms with Crippen molar-refractivity contribution in [2.75, 3.05) is 0 Å². The third-order valence-corrected chi connectivity index (χ3v) is 16.0. The van der Waals surface area contributed by atoms with Gasteiger partial charge in [-0.1, -0.05) is 145 Å². The van der Waals surface area contributed by atoms with Crippen LogP contribution in [0, 0.1) is 63.2 Å². The fourth-order valence-electron chi connectivity index (χ4n) is 11.1. The average Bonchev–Trinajstić information content (AvgIpc) is 3.20. The molecule has 0 fully saturated rings. The monoisotopic (exact) mass is 859 g/mol. The van der Waals surface area contributed by atoms with Gasteiger partial charge in [0.1, 0.15) is 34.2 Å². The second-order valence-corrected chi connectivity index (χ2v) is 23.1. The molecule has 2 N–H and O–H groups in total. The standard InChI is InChI=1S/C58H98O4/c1-39(2)21-15-23-41(5)25-17-27-43(7)29-19-35-57(13)37-33-51-49(53(59)45(9)47(11)55(51)61-57)31-32-50-52-34-38-58(14,62-56(52)48(12)46(10)54(50)60)36-20-30-44(8)28-18-26-42(6)24-16-22-40(3)4/h39-44,59-60H,15-38H2,1-14H3. The van der Waals surface area contributed by atoms with Crippen LogP contribution in [-0.4, -0.2) is 21.4 Å². The van der Waals surface area contributed by atoms with Crippen LogP contribution in [0.25, 0.3) is 0 Å². The third-order valence-electron chi connectivity index (χ3n) is 16.0. The van der Waals surface area contributed by atoms with E-state index in [1.165, 1.54) is 114 Å². The maximum absolute atomic E-state index is 11.7. The van der Waals surface area contributed by atoms with Crippen LogP contribution in [0.1, 0.15) is 242 Å². The first kappa shape index (κ1) is 52.3. The Morgan fingerprint density at radius 1 is 0.435 bits per heavy atom. The molecule has 2 aromatic carbocycles. The van der Waals surface area contributed by atoms with Crippen LogP contribution < -0.4 is 9.47 Å². The number of aromatic hydroxyl groups is 2. The molecular formula is C58H98O4. The van der Waals surface area contributed by atoms with Gasteiger partial charge in [0.05, 0.1) is 0 Å². The van der Waals surface area contributed by atoms with Gasteiger partial charge in [-0.25, -0.2) is 0 Å². The van der Waals surface area contributed by atoms with Gasteiger partial charge < -0.3 is 19.7 Å². The summed E-state index contributed by atoms with van der Waals surface area (Å²) in [5.41, 5.74) is 7.93. The van der Waals surface area contributed by atoms with Gasteiger partial charge in [-0.3, -0.25) is 0 Å². The SMILES string of the molecule is Cc1c(C)c2c(c(CCc3c(O)c(C)c(C)c4c3CCC(C)(CCCC(C)CCCC(C)CCCC(C)C)O4)c1O)CCC(C)(CCCC(C)CCCC(C)CCCC(C)C)O2. The molecule has 2 aromatic rings. The van der Waals surface area contributed by atoms with Gasteiger partial charge in [-0.2, -0.15) is 0 Å². The molecule has 2 aliphatic heterocycles. The van der Waals surface area contributed by atoms with Gasteiger partial charge in [-0.15, -0.1) is 0 Å². The molecule has 4 nitrogen and oxygen atoms in total. The number of ether oxygens (including phenoxy) is 2. The van der Waals surface area contributed by atoms with Gasteiger partial charge in [0.15, 0.2) is 0 Å². The van der Waals surface area contributed by atoms with Crippen molar-refractivity contribution < 1.29 is 19.7 Å². The summed E-state index contributed by atoms with van der Waals surface area (Å²) in [6.07, 6.45) is 28.4. The third kappa shape index (κ3) is 15.1. The predicted molar refractivity (Wildman–Crippen MR) is 267 cm³/mol. The summed E-state index contributed by atoms with van der Waals surface area (Å²) in [6, 6.07) is 0. The molecular weight excluding hydrogens is 761 g/mol. The maximum atomic E-state index is 11.7. The van der Waals surface area contributed by atoms with Crippen molar-refractivity contribution in [3.8, 4) is 23.0 Å². The highest BCUT2D eigenvalue weighted by atomic mass is 16.5. The van der Waals surface area contributed by atoms with E-state index in [0.29, 0.717) is 24.3 Å². The Kier molecular flexibility index (Phi) is 20.4. The zero-order valence-corrected chi connectivity index (χ0v) is 43.1.